The molecule has 174 valence electrons. The highest BCUT2D eigenvalue weighted by atomic mass is 35.5. The third kappa shape index (κ3) is 6.66. The van der Waals surface area contributed by atoms with Gasteiger partial charge in [-0.2, -0.15) is 0 Å². The lowest BCUT2D eigenvalue weighted by atomic mass is 9.75. The second kappa shape index (κ2) is 11.6. The van der Waals surface area contributed by atoms with E-state index in [1.54, 1.807) is 4.90 Å². The quantitative estimate of drug-likeness (QED) is 0.584. The van der Waals surface area contributed by atoms with E-state index in [1.165, 1.54) is 32.1 Å². The average molecular weight is 470 g/mol. The number of anilines is 1. The van der Waals surface area contributed by atoms with Crippen molar-refractivity contribution in [2.45, 2.75) is 51.5 Å². The normalized spacial score (nSPS) is 24.8. The summed E-state index contributed by atoms with van der Waals surface area (Å²) in [7, 11) is 3.63. The van der Waals surface area contributed by atoms with E-state index < -0.39 is 0 Å². The molecule has 1 aromatic carbocycles. The minimum absolute atomic E-state index is 0.0437. The van der Waals surface area contributed by atoms with E-state index in [2.05, 4.69) is 28.1 Å². The number of hydrogen-bond acceptors (Lipinski definition) is 3. The van der Waals surface area contributed by atoms with Crippen LogP contribution >= 0.6 is 23.2 Å². The Labute approximate surface area is 198 Å². The van der Waals surface area contributed by atoms with Crippen LogP contribution in [0.1, 0.15) is 45.4 Å². The van der Waals surface area contributed by atoms with Crippen LogP contribution < -0.4 is 10.2 Å². The van der Waals surface area contributed by atoms with Crippen molar-refractivity contribution in [3.8, 4) is 0 Å². The molecule has 3 rings (SSSR count). The minimum Gasteiger partial charge on any atom is -0.368 e. The molecule has 31 heavy (non-hydrogen) atoms. The molecule has 0 bridgehead atoms. The van der Waals surface area contributed by atoms with Gasteiger partial charge in [-0.1, -0.05) is 42.6 Å². The van der Waals surface area contributed by atoms with Gasteiger partial charge in [0.25, 0.3) is 0 Å². The molecule has 0 radical (unpaired) electrons. The van der Waals surface area contributed by atoms with Gasteiger partial charge in [0.1, 0.15) is 0 Å². The standard InChI is InChI=1S/C24H38Cl2N4O/c1-4-6-19-17-18(9-10-21(19)27-24(31)28(2)3)11-12-29-13-15-30(16-14-29)22-8-5-7-20(25)23(22)26/h5,7-8,18-19,21H,4,6,9-17H2,1-3H3,(H,27,31)/t18-,19?,21+/m1/s1. The molecule has 1 saturated carbocycles. The molecule has 1 saturated heterocycles. The van der Waals surface area contributed by atoms with Crippen LogP contribution in [-0.2, 0) is 0 Å². The van der Waals surface area contributed by atoms with Crippen molar-refractivity contribution in [1.29, 1.82) is 0 Å². The number of carbonyl (C=O) groups is 1. The van der Waals surface area contributed by atoms with Gasteiger partial charge < -0.3 is 15.1 Å². The number of hydrogen-bond donors (Lipinski definition) is 1. The zero-order valence-corrected chi connectivity index (χ0v) is 20.8. The summed E-state index contributed by atoms with van der Waals surface area (Å²) in [4.78, 5) is 18.7. The Morgan fingerprint density at radius 1 is 1.13 bits per heavy atom. The molecule has 1 heterocycles. The number of amides is 2. The first-order chi connectivity index (χ1) is 14.9. The van der Waals surface area contributed by atoms with Gasteiger partial charge in [-0.15, -0.1) is 0 Å². The Hall–Kier alpha value is -1.17. The molecule has 5 nitrogen and oxygen atoms in total. The Morgan fingerprint density at radius 3 is 2.55 bits per heavy atom. The summed E-state index contributed by atoms with van der Waals surface area (Å²) in [5.74, 6) is 1.37. The minimum atomic E-state index is 0.0437. The number of urea groups is 1. The van der Waals surface area contributed by atoms with Gasteiger partial charge >= 0.3 is 6.03 Å². The Morgan fingerprint density at radius 2 is 1.87 bits per heavy atom. The Kier molecular flexibility index (Phi) is 9.18. The van der Waals surface area contributed by atoms with Crippen molar-refractivity contribution in [3.63, 3.8) is 0 Å². The summed E-state index contributed by atoms with van der Waals surface area (Å²) < 4.78 is 0. The van der Waals surface area contributed by atoms with Gasteiger partial charge in [-0.05, 0) is 62.6 Å². The summed E-state index contributed by atoms with van der Waals surface area (Å²) >= 11 is 12.6. The molecule has 2 fully saturated rings. The monoisotopic (exact) mass is 468 g/mol. The number of nitrogens with one attached hydrogen (secondary N) is 1. The highest BCUT2D eigenvalue weighted by molar-refractivity contribution is 6.43. The predicted octanol–water partition coefficient (Wildman–Crippen LogP) is 5.36. The molecule has 1 N–H and O–H groups in total. The van der Waals surface area contributed by atoms with Crippen LogP contribution in [0.25, 0.3) is 0 Å². The fourth-order valence-corrected chi connectivity index (χ4v) is 5.52. The molecule has 2 amide bonds. The maximum atomic E-state index is 12.1. The maximum absolute atomic E-state index is 12.1. The van der Waals surface area contributed by atoms with E-state index in [1.807, 2.05) is 26.2 Å². The fraction of sp³-hybridized carbons (Fsp3) is 0.708. The van der Waals surface area contributed by atoms with Gasteiger partial charge in [0.15, 0.2) is 0 Å². The highest BCUT2D eigenvalue weighted by Crippen LogP contribution is 2.35. The van der Waals surface area contributed by atoms with Crippen molar-refractivity contribution in [1.82, 2.24) is 15.1 Å². The third-order valence-electron chi connectivity index (χ3n) is 6.96. The van der Waals surface area contributed by atoms with Crippen molar-refractivity contribution < 1.29 is 4.79 Å². The van der Waals surface area contributed by atoms with Gasteiger partial charge in [-0.25, -0.2) is 4.79 Å². The lowest BCUT2D eigenvalue weighted by Gasteiger charge is -2.39. The van der Waals surface area contributed by atoms with Crippen molar-refractivity contribution >= 4 is 34.9 Å². The van der Waals surface area contributed by atoms with Crippen LogP contribution in [-0.4, -0.2) is 68.7 Å². The van der Waals surface area contributed by atoms with E-state index in [0.717, 1.165) is 50.7 Å². The highest BCUT2D eigenvalue weighted by Gasteiger charge is 2.31. The molecule has 2 aliphatic rings. The van der Waals surface area contributed by atoms with Crippen molar-refractivity contribution in [2.24, 2.45) is 11.8 Å². The van der Waals surface area contributed by atoms with Crippen LogP contribution in [0.4, 0.5) is 10.5 Å². The molecule has 7 heteroatoms. The largest absolute Gasteiger partial charge is 0.368 e. The van der Waals surface area contributed by atoms with Crippen LogP contribution in [0.5, 0.6) is 0 Å². The van der Waals surface area contributed by atoms with E-state index >= 15 is 0 Å². The SMILES string of the molecule is CCCC1C[C@@H](CCN2CCN(c3cccc(Cl)c3Cl)CC2)CC[C@@H]1NC(=O)N(C)C. The van der Waals surface area contributed by atoms with Crippen LogP contribution in [0.15, 0.2) is 18.2 Å². The molecule has 1 aliphatic heterocycles. The van der Waals surface area contributed by atoms with E-state index in [0.29, 0.717) is 22.0 Å². The Balaban J connectivity index is 1.44. The molecule has 3 atom stereocenters. The van der Waals surface area contributed by atoms with Crippen LogP contribution in [0.2, 0.25) is 10.0 Å². The fourth-order valence-electron chi connectivity index (χ4n) is 5.11. The molecular weight excluding hydrogens is 431 g/mol. The number of nitrogens with zero attached hydrogens (tertiary/aromatic N) is 3. The number of benzene rings is 1. The van der Waals surface area contributed by atoms with Crippen molar-refractivity contribution in [3.05, 3.63) is 28.2 Å². The first-order valence-corrected chi connectivity index (χ1v) is 12.5. The van der Waals surface area contributed by atoms with E-state index in [9.17, 15) is 4.79 Å². The molecule has 0 aromatic heterocycles. The molecule has 0 spiro atoms. The molecule has 1 aliphatic carbocycles. The third-order valence-corrected chi connectivity index (χ3v) is 7.77. The zero-order chi connectivity index (χ0) is 22.4. The number of rotatable bonds is 7. The van der Waals surface area contributed by atoms with Crippen LogP contribution in [0.3, 0.4) is 0 Å². The molecular formula is C24H38Cl2N4O. The van der Waals surface area contributed by atoms with Gasteiger partial charge in [0, 0.05) is 46.3 Å². The van der Waals surface area contributed by atoms with Gasteiger partial charge in [0.2, 0.25) is 0 Å². The van der Waals surface area contributed by atoms with E-state index in [-0.39, 0.29) is 6.03 Å². The van der Waals surface area contributed by atoms with Crippen LogP contribution in [0, 0.1) is 11.8 Å². The number of carbonyl (C=O) groups excluding carboxylic acids is 1. The second-order valence-corrected chi connectivity index (χ2v) is 10.2. The zero-order valence-electron chi connectivity index (χ0n) is 19.2. The van der Waals surface area contributed by atoms with Gasteiger partial charge in [-0.3, -0.25) is 4.90 Å². The first-order valence-electron chi connectivity index (χ1n) is 11.8. The van der Waals surface area contributed by atoms with Gasteiger partial charge in [0.05, 0.1) is 15.7 Å². The maximum Gasteiger partial charge on any atom is 0.317 e. The molecule has 1 unspecified atom stereocenters. The first kappa shape index (κ1) is 24.5. The summed E-state index contributed by atoms with van der Waals surface area (Å²) in [5.41, 5.74) is 1.05. The Bertz CT molecular complexity index is 722. The lowest BCUT2D eigenvalue weighted by molar-refractivity contribution is 0.156. The van der Waals surface area contributed by atoms with Crippen molar-refractivity contribution in [2.75, 3.05) is 51.7 Å². The lowest BCUT2D eigenvalue weighted by Crippen LogP contribution is -2.48. The summed E-state index contributed by atoms with van der Waals surface area (Å²) in [6, 6.07) is 6.25. The smallest absolute Gasteiger partial charge is 0.317 e. The number of halogens is 2. The summed E-state index contributed by atoms with van der Waals surface area (Å²) in [5, 5.41) is 4.55. The second-order valence-electron chi connectivity index (χ2n) is 9.37. The summed E-state index contributed by atoms with van der Waals surface area (Å²) in [6.07, 6.45) is 7.21. The average Bonchev–Trinajstić information content (AvgIpc) is 2.76. The predicted molar refractivity (Wildman–Crippen MR) is 131 cm³/mol. The topological polar surface area (TPSA) is 38.8 Å². The summed E-state index contributed by atoms with van der Waals surface area (Å²) in [6.45, 7) is 7.52. The number of piperazine rings is 1. The van der Waals surface area contributed by atoms with E-state index in [4.69, 9.17) is 23.2 Å². The molecule has 1 aromatic rings.